The normalized spacial score (nSPS) is 22.4. The van der Waals surface area contributed by atoms with Crippen molar-refractivity contribution in [2.45, 2.75) is 25.8 Å². The maximum atomic E-state index is 13.1. The minimum Gasteiger partial charge on any atom is -0.371 e. The topological polar surface area (TPSA) is 29.3 Å². The summed E-state index contributed by atoms with van der Waals surface area (Å²) in [7, 11) is 0. The molecule has 0 radical (unpaired) electrons. The Hall–Kier alpha value is -1.09. The van der Waals surface area contributed by atoms with Gasteiger partial charge in [0.1, 0.15) is 5.82 Å². The van der Waals surface area contributed by atoms with E-state index in [1.165, 1.54) is 6.07 Å². The molecule has 2 N–H and O–H groups in total. The Balaban J connectivity index is 2.03. The lowest BCUT2D eigenvalue weighted by Gasteiger charge is -2.21. The quantitative estimate of drug-likeness (QED) is 0.851. The minimum absolute atomic E-state index is 0.166. The van der Waals surface area contributed by atoms with Gasteiger partial charge in [0.25, 0.3) is 0 Å². The first-order valence-corrected chi connectivity index (χ1v) is 5.96. The second-order valence-corrected chi connectivity index (χ2v) is 4.55. The molecule has 1 aliphatic rings. The summed E-state index contributed by atoms with van der Waals surface area (Å²) in [6.07, 6.45) is 2.13. The van der Waals surface area contributed by atoms with E-state index in [0.29, 0.717) is 5.92 Å². The third-order valence-electron chi connectivity index (χ3n) is 3.47. The van der Waals surface area contributed by atoms with Crippen molar-refractivity contribution in [1.82, 2.24) is 0 Å². The Morgan fingerprint density at radius 1 is 1.56 bits per heavy atom. The fourth-order valence-corrected chi connectivity index (χ4v) is 2.38. The third kappa shape index (κ3) is 2.35. The number of nitrogens with two attached hydrogens (primary N) is 1. The second kappa shape index (κ2) is 4.83. The average molecular weight is 222 g/mol. The SMILES string of the molecule is CCC(N)C1CCN(c2cccc(F)c2)C1. The van der Waals surface area contributed by atoms with Gasteiger partial charge in [-0.15, -0.1) is 0 Å². The van der Waals surface area contributed by atoms with E-state index in [1.54, 1.807) is 12.1 Å². The molecule has 0 spiro atoms. The zero-order valence-corrected chi connectivity index (χ0v) is 9.70. The van der Waals surface area contributed by atoms with Crippen LogP contribution in [0.4, 0.5) is 10.1 Å². The summed E-state index contributed by atoms with van der Waals surface area (Å²) in [6.45, 7) is 4.07. The second-order valence-electron chi connectivity index (χ2n) is 4.55. The minimum atomic E-state index is -0.166. The molecule has 2 rings (SSSR count). The van der Waals surface area contributed by atoms with E-state index in [1.807, 2.05) is 6.07 Å². The van der Waals surface area contributed by atoms with Crippen molar-refractivity contribution >= 4 is 5.69 Å². The van der Waals surface area contributed by atoms with E-state index in [2.05, 4.69) is 11.8 Å². The number of rotatable bonds is 3. The van der Waals surface area contributed by atoms with Gasteiger partial charge in [-0.1, -0.05) is 13.0 Å². The van der Waals surface area contributed by atoms with Crippen LogP contribution in [0.15, 0.2) is 24.3 Å². The van der Waals surface area contributed by atoms with E-state index < -0.39 is 0 Å². The number of nitrogens with zero attached hydrogens (tertiary/aromatic N) is 1. The van der Waals surface area contributed by atoms with Gasteiger partial charge in [-0.05, 0) is 37.0 Å². The standard InChI is InChI=1S/C13H19FN2/c1-2-13(15)10-6-7-16(9-10)12-5-3-4-11(14)8-12/h3-5,8,10,13H,2,6-7,9,15H2,1H3. The zero-order valence-electron chi connectivity index (χ0n) is 9.70. The van der Waals surface area contributed by atoms with Crippen LogP contribution >= 0.6 is 0 Å². The maximum Gasteiger partial charge on any atom is 0.125 e. The first-order chi connectivity index (χ1) is 7.70. The summed E-state index contributed by atoms with van der Waals surface area (Å²) in [5, 5.41) is 0. The summed E-state index contributed by atoms with van der Waals surface area (Å²) in [6, 6.07) is 7.08. The van der Waals surface area contributed by atoms with Crippen LogP contribution in [0.1, 0.15) is 19.8 Å². The van der Waals surface area contributed by atoms with E-state index in [4.69, 9.17) is 5.73 Å². The first kappa shape index (κ1) is 11.4. The molecule has 1 aromatic rings. The summed E-state index contributed by atoms with van der Waals surface area (Å²) >= 11 is 0. The molecule has 1 fully saturated rings. The van der Waals surface area contributed by atoms with Crippen LogP contribution < -0.4 is 10.6 Å². The molecule has 1 heterocycles. The number of hydrogen-bond acceptors (Lipinski definition) is 2. The zero-order chi connectivity index (χ0) is 11.5. The summed E-state index contributed by atoms with van der Waals surface area (Å²) in [5.41, 5.74) is 7.03. The number of hydrogen-bond donors (Lipinski definition) is 1. The lowest BCUT2D eigenvalue weighted by Crippen LogP contribution is -2.31. The molecule has 2 atom stereocenters. The fourth-order valence-electron chi connectivity index (χ4n) is 2.38. The van der Waals surface area contributed by atoms with Gasteiger partial charge in [0, 0.05) is 24.8 Å². The molecule has 88 valence electrons. The van der Waals surface area contributed by atoms with E-state index >= 15 is 0 Å². The van der Waals surface area contributed by atoms with Crippen molar-refractivity contribution in [2.75, 3.05) is 18.0 Å². The highest BCUT2D eigenvalue weighted by Gasteiger charge is 2.26. The Labute approximate surface area is 96.2 Å². The molecule has 2 unspecified atom stereocenters. The molecular formula is C13H19FN2. The van der Waals surface area contributed by atoms with Crippen molar-refractivity contribution in [2.24, 2.45) is 11.7 Å². The van der Waals surface area contributed by atoms with Gasteiger partial charge in [0.15, 0.2) is 0 Å². The lowest BCUT2D eigenvalue weighted by atomic mass is 9.98. The number of halogens is 1. The van der Waals surface area contributed by atoms with E-state index in [9.17, 15) is 4.39 Å². The van der Waals surface area contributed by atoms with Crippen LogP contribution in [-0.2, 0) is 0 Å². The highest BCUT2D eigenvalue weighted by Crippen LogP contribution is 2.26. The van der Waals surface area contributed by atoms with E-state index in [-0.39, 0.29) is 11.9 Å². The predicted octanol–water partition coefficient (Wildman–Crippen LogP) is 2.39. The summed E-state index contributed by atoms with van der Waals surface area (Å²) < 4.78 is 13.1. The Kier molecular flexibility index (Phi) is 3.44. The van der Waals surface area contributed by atoms with Gasteiger partial charge >= 0.3 is 0 Å². The number of anilines is 1. The molecule has 1 saturated heterocycles. The van der Waals surface area contributed by atoms with Crippen LogP contribution in [0.3, 0.4) is 0 Å². The molecule has 3 heteroatoms. The maximum absolute atomic E-state index is 13.1. The molecular weight excluding hydrogens is 203 g/mol. The van der Waals surface area contributed by atoms with Crippen LogP contribution in [-0.4, -0.2) is 19.1 Å². The highest BCUT2D eigenvalue weighted by molar-refractivity contribution is 5.47. The molecule has 0 aliphatic carbocycles. The van der Waals surface area contributed by atoms with Gasteiger partial charge in [0.2, 0.25) is 0 Å². The lowest BCUT2D eigenvalue weighted by molar-refractivity contribution is 0.447. The highest BCUT2D eigenvalue weighted by atomic mass is 19.1. The van der Waals surface area contributed by atoms with Crippen LogP contribution in [0.2, 0.25) is 0 Å². The van der Waals surface area contributed by atoms with Gasteiger partial charge < -0.3 is 10.6 Å². The molecule has 0 aromatic heterocycles. The molecule has 1 aromatic carbocycles. The Bertz CT molecular complexity index is 354. The Morgan fingerprint density at radius 2 is 2.38 bits per heavy atom. The largest absolute Gasteiger partial charge is 0.371 e. The Morgan fingerprint density at radius 3 is 3.06 bits per heavy atom. The van der Waals surface area contributed by atoms with E-state index in [0.717, 1.165) is 31.6 Å². The third-order valence-corrected chi connectivity index (χ3v) is 3.47. The molecule has 0 amide bonds. The predicted molar refractivity (Wildman–Crippen MR) is 65.0 cm³/mol. The van der Waals surface area contributed by atoms with Gasteiger partial charge in [-0.2, -0.15) is 0 Å². The number of benzene rings is 1. The van der Waals surface area contributed by atoms with Crippen molar-refractivity contribution in [3.63, 3.8) is 0 Å². The first-order valence-electron chi connectivity index (χ1n) is 5.96. The molecule has 0 bridgehead atoms. The average Bonchev–Trinajstić information content (AvgIpc) is 2.77. The molecule has 2 nitrogen and oxygen atoms in total. The van der Waals surface area contributed by atoms with Gasteiger partial charge in [0.05, 0.1) is 0 Å². The molecule has 1 aliphatic heterocycles. The van der Waals surface area contributed by atoms with Crippen molar-refractivity contribution in [3.8, 4) is 0 Å². The van der Waals surface area contributed by atoms with Crippen molar-refractivity contribution in [1.29, 1.82) is 0 Å². The summed E-state index contributed by atoms with van der Waals surface area (Å²) in [5.74, 6) is 0.383. The van der Waals surface area contributed by atoms with Crippen LogP contribution in [0.5, 0.6) is 0 Å². The van der Waals surface area contributed by atoms with Crippen molar-refractivity contribution < 1.29 is 4.39 Å². The van der Waals surface area contributed by atoms with Gasteiger partial charge in [-0.25, -0.2) is 4.39 Å². The monoisotopic (exact) mass is 222 g/mol. The van der Waals surface area contributed by atoms with Crippen LogP contribution in [0, 0.1) is 11.7 Å². The van der Waals surface area contributed by atoms with Crippen LogP contribution in [0.25, 0.3) is 0 Å². The fraction of sp³-hybridized carbons (Fsp3) is 0.538. The molecule has 0 saturated carbocycles. The summed E-state index contributed by atoms with van der Waals surface area (Å²) in [4.78, 5) is 2.23. The van der Waals surface area contributed by atoms with Crippen molar-refractivity contribution in [3.05, 3.63) is 30.1 Å². The smallest absolute Gasteiger partial charge is 0.125 e. The molecule has 16 heavy (non-hydrogen) atoms. The van der Waals surface area contributed by atoms with Gasteiger partial charge in [-0.3, -0.25) is 0 Å².